The summed E-state index contributed by atoms with van der Waals surface area (Å²) in [5.41, 5.74) is 0. The van der Waals surface area contributed by atoms with Crippen LogP contribution in [0.1, 0.15) is 26.7 Å². The largest absolute Gasteiger partial charge is 0.400 e. The second kappa shape index (κ2) is 9.52. The molecular weight excluding hydrogens is 408 g/mol. The average Bonchev–Trinajstić information content (AvgIpc) is 3.12. The van der Waals surface area contributed by atoms with Gasteiger partial charge in [0.25, 0.3) is 0 Å². The van der Waals surface area contributed by atoms with Gasteiger partial charge in [0.1, 0.15) is 12.2 Å². The van der Waals surface area contributed by atoms with Crippen molar-refractivity contribution in [3.05, 3.63) is 0 Å². The maximum absolute atomic E-state index is 10.5. The van der Waals surface area contributed by atoms with E-state index in [9.17, 15) is 25.3 Å². The van der Waals surface area contributed by atoms with Gasteiger partial charge in [-0.05, 0) is 13.3 Å². The first-order chi connectivity index (χ1) is 11.4. The van der Waals surface area contributed by atoms with Crippen LogP contribution < -0.4 is 0 Å². The van der Waals surface area contributed by atoms with Crippen LogP contribution in [-0.2, 0) is 56.3 Å². The monoisotopic (exact) mass is 428 g/mol. The van der Waals surface area contributed by atoms with E-state index >= 15 is 0 Å². The van der Waals surface area contributed by atoms with Crippen molar-refractivity contribution >= 4 is 31.2 Å². The van der Waals surface area contributed by atoms with Crippen molar-refractivity contribution in [2.75, 3.05) is 26.4 Å². The highest BCUT2D eigenvalue weighted by atomic mass is 32.3. The molecule has 0 spiro atoms. The van der Waals surface area contributed by atoms with Gasteiger partial charge in [0, 0.05) is 0 Å². The molecule has 0 aromatic carbocycles. The van der Waals surface area contributed by atoms with Crippen molar-refractivity contribution in [2.24, 2.45) is 0 Å². The van der Waals surface area contributed by atoms with Gasteiger partial charge in [-0.1, -0.05) is 13.3 Å². The number of rotatable bonds is 2. The summed E-state index contributed by atoms with van der Waals surface area (Å²) in [6.07, 6.45) is 1.07. The highest BCUT2D eigenvalue weighted by Gasteiger charge is 2.28. The maximum Gasteiger partial charge on any atom is 0.400 e. The van der Waals surface area contributed by atoms with E-state index in [1.165, 1.54) is 0 Å². The van der Waals surface area contributed by atoms with Crippen molar-refractivity contribution in [3.63, 3.8) is 0 Å². The standard InChI is InChI=1S/C5H10O4S.C3H6O4S.C2H4O4S/c1-2-3-5-4-8-10(6,7)9-5;1-3-2-6-8(4,5)7-3;3-7(4)5-1-2-6-7/h5H,2-4H2,1H3;3H,2H2,1H3;1-2H2. The van der Waals surface area contributed by atoms with Gasteiger partial charge in [-0.2, -0.15) is 25.3 Å². The van der Waals surface area contributed by atoms with E-state index in [4.69, 9.17) is 0 Å². The van der Waals surface area contributed by atoms with Crippen LogP contribution in [0.2, 0.25) is 0 Å². The molecule has 2 atom stereocenters. The summed E-state index contributed by atoms with van der Waals surface area (Å²) in [6.45, 7) is 4.22. The number of hydrogen-bond donors (Lipinski definition) is 0. The smallest absolute Gasteiger partial charge is 0.246 e. The van der Waals surface area contributed by atoms with Crippen molar-refractivity contribution in [1.82, 2.24) is 0 Å². The van der Waals surface area contributed by atoms with Crippen LogP contribution in [0.15, 0.2) is 0 Å². The van der Waals surface area contributed by atoms with Crippen LogP contribution in [0.3, 0.4) is 0 Å². The van der Waals surface area contributed by atoms with Crippen LogP contribution in [0, 0.1) is 0 Å². The summed E-state index contributed by atoms with van der Waals surface area (Å²) in [7, 11) is -10.8. The van der Waals surface area contributed by atoms with Gasteiger partial charge >= 0.3 is 31.2 Å². The zero-order valence-electron chi connectivity index (χ0n) is 13.5. The summed E-state index contributed by atoms with van der Waals surface area (Å²) in [5, 5.41) is 0. The highest BCUT2D eigenvalue weighted by Crippen LogP contribution is 2.16. The topological polar surface area (TPSA) is 158 Å². The molecule has 0 aromatic heterocycles. The first-order valence-electron chi connectivity index (χ1n) is 7.14. The lowest BCUT2D eigenvalue weighted by Gasteiger charge is -1.99. The fourth-order valence-electron chi connectivity index (χ4n) is 1.58. The molecule has 0 amide bonds. The van der Waals surface area contributed by atoms with Crippen LogP contribution in [0.25, 0.3) is 0 Å². The van der Waals surface area contributed by atoms with Crippen LogP contribution >= 0.6 is 0 Å². The van der Waals surface area contributed by atoms with Gasteiger partial charge in [-0.25, -0.2) is 25.1 Å². The summed E-state index contributed by atoms with van der Waals surface area (Å²) in [5.74, 6) is 0. The molecule has 0 N–H and O–H groups in total. The first kappa shape index (κ1) is 22.7. The summed E-state index contributed by atoms with van der Waals surface area (Å²) in [6, 6.07) is 0. The third-order valence-electron chi connectivity index (χ3n) is 2.53. The molecule has 2 unspecified atom stereocenters. The van der Waals surface area contributed by atoms with E-state index in [0.717, 1.165) is 12.8 Å². The SMILES string of the molecule is CC1COS(=O)(=O)O1.CCCC1COS(=O)(=O)O1.O=S1(=O)OCCO1. The van der Waals surface area contributed by atoms with Gasteiger partial charge in [-0.15, -0.1) is 0 Å². The Labute approximate surface area is 147 Å². The molecule has 3 rings (SSSR count). The minimum absolute atomic E-state index is 0.141. The van der Waals surface area contributed by atoms with Crippen molar-refractivity contribution < 1.29 is 50.4 Å². The Balaban J connectivity index is 0.000000191. The van der Waals surface area contributed by atoms with Gasteiger partial charge in [-0.3, -0.25) is 0 Å². The molecule has 3 heterocycles. The molecule has 25 heavy (non-hydrogen) atoms. The van der Waals surface area contributed by atoms with Crippen LogP contribution in [-0.4, -0.2) is 63.9 Å². The van der Waals surface area contributed by atoms with Crippen molar-refractivity contribution in [1.29, 1.82) is 0 Å². The summed E-state index contributed by atoms with van der Waals surface area (Å²) >= 11 is 0. The Bertz CT molecular complexity index is 698. The Morgan fingerprint density at radius 2 is 1.28 bits per heavy atom. The van der Waals surface area contributed by atoms with Gasteiger partial charge < -0.3 is 0 Å². The van der Waals surface area contributed by atoms with E-state index in [-0.39, 0.29) is 38.6 Å². The Morgan fingerprint density at radius 1 is 0.760 bits per heavy atom. The predicted molar refractivity (Wildman–Crippen MR) is 80.9 cm³/mol. The van der Waals surface area contributed by atoms with Crippen LogP contribution in [0.5, 0.6) is 0 Å². The van der Waals surface area contributed by atoms with E-state index in [1.807, 2.05) is 6.92 Å². The molecular formula is C10H20O12S3. The molecule has 0 aliphatic carbocycles. The van der Waals surface area contributed by atoms with Crippen molar-refractivity contribution in [2.45, 2.75) is 38.9 Å². The Morgan fingerprint density at radius 3 is 1.52 bits per heavy atom. The minimum Gasteiger partial charge on any atom is -0.246 e. The molecule has 0 bridgehead atoms. The normalized spacial score (nSPS) is 31.4. The maximum atomic E-state index is 10.5. The molecule has 0 aromatic rings. The van der Waals surface area contributed by atoms with Gasteiger partial charge in [0.2, 0.25) is 0 Å². The first-order valence-corrected chi connectivity index (χ1v) is 11.1. The second-order valence-electron chi connectivity index (χ2n) is 4.85. The summed E-state index contributed by atoms with van der Waals surface area (Å²) < 4.78 is 86.9. The molecule has 3 fully saturated rings. The molecule has 3 aliphatic heterocycles. The zero-order chi connectivity index (χ0) is 19.1. The molecule has 0 saturated carbocycles. The molecule has 0 radical (unpaired) electrons. The van der Waals surface area contributed by atoms with E-state index in [1.54, 1.807) is 6.92 Å². The lowest BCUT2D eigenvalue weighted by molar-refractivity contribution is 0.222. The molecule has 150 valence electrons. The highest BCUT2D eigenvalue weighted by molar-refractivity contribution is 7.82. The number of hydrogen-bond acceptors (Lipinski definition) is 12. The van der Waals surface area contributed by atoms with E-state index in [0.29, 0.717) is 0 Å². The van der Waals surface area contributed by atoms with Crippen LogP contribution in [0.4, 0.5) is 0 Å². The molecule has 3 aliphatic rings. The molecule has 12 nitrogen and oxygen atoms in total. The zero-order valence-corrected chi connectivity index (χ0v) is 16.0. The van der Waals surface area contributed by atoms with E-state index in [2.05, 4.69) is 25.1 Å². The minimum atomic E-state index is -3.62. The Kier molecular flexibility index (Phi) is 8.62. The molecule has 15 heteroatoms. The lowest BCUT2D eigenvalue weighted by atomic mass is 10.2. The van der Waals surface area contributed by atoms with Crippen molar-refractivity contribution in [3.8, 4) is 0 Å². The lowest BCUT2D eigenvalue weighted by Crippen LogP contribution is -2.08. The quantitative estimate of drug-likeness (QED) is 0.550. The molecule has 3 saturated heterocycles. The third kappa shape index (κ3) is 9.76. The van der Waals surface area contributed by atoms with Gasteiger partial charge in [0.05, 0.1) is 26.4 Å². The third-order valence-corrected chi connectivity index (χ3v) is 5.36. The van der Waals surface area contributed by atoms with E-state index < -0.39 is 31.2 Å². The fourth-order valence-corrected chi connectivity index (χ4v) is 3.92. The fraction of sp³-hybridized carbons (Fsp3) is 1.00. The second-order valence-corrected chi connectivity index (χ2v) is 8.63. The van der Waals surface area contributed by atoms with Gasteiger partial charge in [0.15, 0.2) is 0 Å². The predicted octanol–water partition coefficient (Wildman–Crippen LogP) is -0.609. The summed E-state index contributed by atoms with van der Waals surface area (Å²) in [4.78, 5) is 0. The average molecular weight is 428 g/mol. The Hall–Kier alpha value is -0.390.